The Balaban J connectivity index is 3.07. The number of pyridine rings is 1. The quantitative estimate of drug-likeness (QED) is 0.584. The van der Waals surface area contributed by atoms with E-state index in [1.165, 1.54) is 0 Å². The summed E-state index contributed by atoms with van der Waals surface area (Å²) in [4.78, 5) is 4.15. The van der Waals surface area contributed by atoms with Gasteiger partial charge in [-0.05, 0) is 26.0 Å². The van der Waals surface area contributed by atoms with Crippen LogP contribution in [0, 0.1) is 12.3 Å². The molecule has 0 aliphatic heterocycles. The summed E-state index contributed by atoms with van der Waals surface area (Å²) in [5, 5.41) is 7.27. The highest BCUT2D eigenvalue weighted by molar-refractivity contribution is 5.94. The third-order valence-electron chi connectivity index (χ3n) is 1.27. The molecule has 1 aromatic rings. The molecule has 0 radical (unpaired) electrons. The zero-order valence-corrected chi connectivity index (χ0v) is 6.18. The fourth-order valence-electron chi connectivity index (χ4n) is 0.752. The van der Waals surface area contributed by atoms with Gasteiger partial charge in [0.25, 0.3) is 0 Å². The van der Waals surface area contributed by atoms with Gasteiger partial charge in [0.15, 0.2) is 0 Å². The van der Waals surface area contributed by atoms with Crippen molar-refractivity contribution < 1.29 is 0 Å². The van der Waals surface area contributed by atoms with Crippen LogP contribution in [0.5, 0.6) is 0 Å². The Morgan fingerprint density at radius 3 is 2.60 bits per heavy atom. The summed E-state index contributed by atoms with van der Waals surface area (Å²) in [6, 6.07) is 5.68. The number of rotatable bonds is 1. The van der Waals surface area contributed by atoms with Crippen LogP contribution in [0.1, 0.15) is 18.3 Å². The molecule has 0 saturated carbocycles. The zero-order chi connectivity index (χ0) is 7.56. The first kappa shape index (κ1) is 6.93. The van der Waals surface area contributed by atoms with Gasteiger partial charge in [-0.25, -0.2) is 0 Å². The van der Waals surface area contributed by atoms with Crippen molar-refractivity contribution in [3.8, 4) is 0 Å². The third kappa shape index (κ3) is 1.41. The van der Waals surface area contributed by atoms with Gasteiger partial charge in [0.2, 0.25) is 0 Å². The van der Waals surface area contributed by atoms with E-state index in [4.69, 9.17) is 5.41 Å². The second-order valence-electron chi connectivity index (χ2n) is 2.29. The molecule has 0 unspecified atom stereocenters. The molecule has 0 aromatic carbocycles. The van der Waals surface area contributed by atoms with Crippen LogP contribution in [0.25, 0.3) is 0 Å². The summed E-state index contributed by atoms with van der Waals surface area (Å²) < 4.78 is 0. The molecule has 0 aliphatic carbocycles. The van der Waals surface area contributed by atoms with Crippen LogP contribution in [0.15, 0.2) is 18.2 Å². The van der Waals surface area contributed by atoms with Crippen LogP contribution < -0.4 is 0 Å². The molecule has 2 nitrogen and oxygen atoms in total. The van der Waals surface area contributed by atoms with Crippen molar-refractivity contribution in [3.05, 3.63) is 29.6 Å². The lowest BCUT2D eigenvalue weighted by atomic mass is 10.2. The Morgan fingerprint density at radius 1 is 1.50 bits per heavy atom. The fraction of sp³-hybridized carbons (Fsp3) is 0.250. The summed E-state index contributed by atoms with van der Waals surface area (Å²) in [5.41, 5.74) is 2.24. The first-order valence-electron chi connectivity index (χ1n) is 3.19. The van der Waals surface area contributed by atoms with E-state index in [9.17, 15) is 0 Å². The molecule has 1 heterocycles. The molecule has 0 bridgehead atoms. The van der Waals surface area contributed by atoms with E-state index in [2.05, 4.69) is 4.98 Å². The zero-order valence-electron chi connectivity index (χ0n) is 6.18. The topological polar surface area (TPSA) is 36.7 Å². The van der Waals surface area contributed by atoms with Crippen molar-refractivity contribution in [3.63, 3.8) is 0 Å². The Hall–Kier alpha value is -1.18. The smallest absolute Gasteiger partial charge is 0.0837 e. The van der Waals surface area contributed by atoms with Gasteiger partial charge in [0, 0.05) is 5.69 Å². The highest BCUT2D eigenvalue weighted by atomic mass is 14.7. The average molecular weight is 134 g/mol. The van der Waals surface area contributed by atoms with Crippen molar-refractivity contribution in [1.29, 1.82) is 5.41 Å². The fourth-order valence-corrected chi connectivity index (χ4v) is 0.752. The van der Waals surface area contributed by atoms with Crippen molar-refractivity contribution in [1.82, 2.24) is 4.98 Å². The lowest BCUT2D eigenvalue weighted by Crippen LogP contribution is -1.96. The first-order valence-corrected chi connectivity index (χ1v) is 3.19. The molecule has 0 spiro atoms. The van der Waals surface area contributed by atoms with Gasteiger partial charge in [0.1, 0.15) is 0 Å². The van der Waals surface area contributed by atoms with Gasteiger partial charge >= 0.3 is 0 Å². The highest BCUT2D eigenvalue weighted by Gasteiger charge is 1.94. The number of aryl methyl sites for hydroxylation is 1. The summed E-state index contributed by atoms with van der Waals surface area (Å²) in [7, 11) is 0. The molecular formula is C8H10N2. The van der Waals surface area contributed by atoms with Gasteiger partial charge in [-0.1, -0.05) is 6.07 Å². The number of aromatic nitrogens is 1. The third-order valence-corrected chi connectivity index (χ3v) is 1.27. The maximum Gasteiger partial charge on any atom is 0.0837 e. The van der Waals surface area contributed by atoms with Gasteiger partial charge in [-0.15, -0.1) is 0 Å². The molecule has 2 heteroatoms. The Morgan fingerprint density at radius 2 is 2.20 bits per heavy atom. The summed E-state index contributed by atoms with van der Waals surface area (Å²) in [6.45, 7) is 3.66. The Labute approximate surface area is 60.4 Å². The van der Waals surface area contributed by atoms with E-state index >= 15 is 0 Å². The minimum absolute atomic E-state index is 0.517. The Bertz CT molecular complexity index is 253. The molecule has 1 N–H and O–H groups in total. The molecule has 0 aliphatic rings. The molecule has 10 heavy (non-hydrogen) atoms. The van der Waals surface area contributed by atoms with Crippen molar-refractivity contribution >= 4 is 5.71 Å². The molecule has 0 fully saturated rings. The first-order chi connectivity index (χ1) is 4.70. The van der Waals surface area contributed by atoms with E-state index < -0.39 is 0 Å². The normalized spacial score (nSPS) is 9.40. The van der Waals surface area contributed by atoms with Gasteiger partial charge in [0.05, 0.1) is 11.4 Å². The molecule has 0 atom stereocenters. The van der Waals surface area contributed by atoms with Crippen LogP contribution in [0.2, 0.25) is 0 Å². The predicted octanol–water partition coefficient (Wildman–Crippen LogP) is 1.78. The van der Waals surface area contributed by atoms with Crippen LogP contribution in [0.4, 0.5) is 0 Å². The molecule has 0 amide bonds. The average Bonchev–Trinajstić information content (AvgIpc) is 1.88. The van der Waals surface area contributed by atoms with Gasteiger partial charge in [-0.2, -0.15) is 0 Å². The van der Waals surface area contributed by atoms with Crippen molar-refractivity contribution in [2.24, 2.45) is 0 Å². The van der Waals surface area contributed by atoms with E-state index in [-0.39, 0.29) is 0 Å². The maximum absolute atomic E-state index is 7.27. The highest BCUT2D eigenvalue weighted by Crippen LogP contribution is 1.97. The van der Waals surface area contributed by atoms with Crippen LogP contribution in [-0.2, 0) is 0 Å². The summed E-state index contributed by atoms with van der Waals surface area (Å²) in [6.07, 6.45) is 0. The summed E-state index contributed by atoms with van der Waals surface area (Å²) in [5.74, 6) is 0. The molecule has 52 valence electrons. The van der Waals surface area contributed by atoms with Crippen LogP contribution in [-0.4, -0.2) is 10.7 Å². The van der Waals surface area contributed by atoms with Gasteiger partial charge < -0.3 is 5.41 Å². The number of nitrogens with zero attached hydrogens (tertiary/aromatic N) is 1. The minimum atomic E-state index is 0.517. The molecule has 1 aromatic heterocycles. The molecule has 1 rings (SSSR count). The van der Waals surface area contributed by atoms with E-state index in [1.54, 1.807) is 6.92 Å². The standard InChI is InChI=1S/C8H10N2/c1-6-4-3-5-8(10-6)7(2)9/h3-5,9H,1-2H3. The predicted molar refractivity (Wildman–Crippen MR) is 41.5 cm³/mol. The number of hydrogen-bond acceptors (Lipinski definition) is 2. The second kappa shape index (κ2) is 2.60. The largest absolute Gasteiger partial charge is 0.303 e. The molecule has 0 saturated heterocycles. The van der Waals surface area contributed by atoms with E-state index in [0.717, 1.165) is 11.4 Å². The second-order valence-corrected chi connectivity index (χ2v) is 2.29. The van der Waals surface area contributed by atoms with E-state index in [0.29, 0.717) is 5.71 Å². The lowest BCUT2D eigenvalue weighted by Gasteiger charge is -1.96. The van der Waals surface area contributed by atoms with Crippen molar-refractivity contribution in [2.75, 3.05) is 0 Å². The SMILES string of the molecule is CC(=N)c1cccc(C)n1. The van der Waals surface area contributed by atoms with Gasteiger partial charge in [-0.3, -0.25) is 4.98 Å². The van der Waals surface area contributed by atoms with Crippen LogP contribution in [0.3, 0.4) is 0 Å². The minimum Gasteiger partial charge on any atom is -0.303 e. The monoisotopic (exact) mass is 134 g/mol. The Kier molecular flexibility index (Phi) is 1.81. The number of hydrogen-bond donors (Lipinski definition) is 1. The summed E-state index contributed by atoms with van der Waals surface area (Å²) >= 11 is 0. The van der Waals surface area contributed by atoms with E-state index in [1.807, 2.05) is 25.1 Å². The van der Waals surface area contributed by atoms with Crippen molar-refractivity contribution in [2.45, 2.75) is 13.8 Å². The maximum atomic E-state index is 7.27. The lowest BCUT2D eigenvalue weighted by molar-refractivity contribution is 1.17. The number of nitrogens with one attached hydrogen (secondary N) is 1. The molecular weight excluding hydrogens is 124 g/mol. The van der Waals surface area contributed by atoms with Crippen LogP contribution >= 0.6 is 0 Å².